The number of aliphatic carboxylic acids is 1. The molecule has 2 aromatic heterocycles. The Hall–Kier alpha value is -3.32. The molecule has 2 fully saturated rings. The number of carboxylic acid groups (broad SMARTS) is 1. The summed E-state index contributed by atoms with van der Waals surface area (Å²) >= 11 is 2.61. The Labute approximate surface area is 202 Å². The van der Waals surface area contributed by atoms with E-state index in [0.717, 1.165) is 24.2 Å². The van der Waals surface area contributed by atoms with Crippen molar-refractivity contribution in [3.63, 3.8) is 0 Å². The van der Waals surface area contributed by atoms with Gasteiger partial charge in [-0.15, -0.1) is 15.9 Å². The van der Waals surface area contributed by atoms with E-state index in [1.807, 2.05) is 35.2 Å². The van der Waals surface area contributed by atoms with Gasteiger partial charge in [0.25, 0.3) is 11.6 Å². The van der Waals surface area contributed by atoms with Crippen LogP contribution in [0.4, 0.5) is 5.13 Å². The number of nitrogens with two attached hydrogens (primary N) is 1. The number of carbonyl (C=O) groups excluding carboxylic acids is 2. The van der Waals surface area contributed by atoms with Crippen molar-refractivity contribution in [3.8, 4) is 0 Å². The molecule has 3 aliphatic rings. The number of carbonyl (C=O) groups is 3. The van der Waals surface area contributed by atoms with Crippen molar-refractivity contribution in [2.24, 2.45) is 11.1 Å². The summed E-state index contributed by atoms with van der Waals surface area (Å²) in [5.41, 5.74) is 5.95. The number of amides is 2. The molecule has 2 aliphatic heterocycles. The van der Waals surface area contributed by atoms with E-state index in [1.165, 1.54) is 16.3 Å². The fourth-order valence-corrected chi connectivity index (χ4v) is 5.84. The van der Waals surface area contributed by atoms with Crippen molar-refractivity contribution in [2.75, 3.05) is 11.5 Å². The zero-order chi connectivity index (χ0) is 23.8. The summed E-state index contributed by atoms with van der Waals surface area (Å²) < 4.78 is 3.17. The molecule has 0 radical (unpaired) electrons. The second-order valence-electron chi connectivity index (χ2n) is 8.16. The number of β-lactam (4-membered cyclic amide) rings is 1. The number of nitrogens with one attached hydrogen (secondary N) is 1. The van der Waals surface area contributed by atoms with Crippen LogP contribution in [0.3, 0.4) is 0 Å². The third-order valence-electron chi connectivity index (χ3n) is 5.67. The first-order valence-electron chi connectivity index (χ1n) is 10.7. The largest absolute Gasteiger partial charge is 0.474 e. The van der Waals surface area contributed by atoms with Crippen LogP contribution in [-0.2, 0) is 25.8 Å². The van der Waals surface area contributed by atoms with Gasteiger partial charge in [-0.2, -0.15) is 0 Å². The Morgan fingerprint density at radius 1 is 1.29 bits per heavy atom. The zero-order valence-electron chi connectivity index (χ0n) is 17.9. The summed E-state index contributed by atoms with van der Waals surface area (Å²) in [6.07, 6.45) is 5.41. The molecule has 0 aromatic carbocycles. The average Bonchev–Trinajstić information content (AvgIpc) is 3.56. The number of hydrogen-bond donors (Lipinski definition) is 3. The molecule has 13 heteroatoms. The molecule has 2 aromatic rings. The minimum atomic E-state index is -1.14. The van der Waals surface area contributed by atoms with Crippen LogP contribution in [0.15, 0.2) is 41.1 Å². The molecule has 1 unspecified atom stereocenters. The maximum absolute atomic E-state index is 13.0. The number of thioether (sulfide) groups is 1. The molecule has 2 amide bonds. The van der Waals surface area contributed by atoms with Gasteiger partial charge in [0.15, 0.2) is 29.8 Å². The van der Waals surface area contributed by atoms with Crippen molar-refractivity contribution in [2.45, 2.75) is 36.9 Å². The molecule has 0 bridgehead atoms. The van der Waals surface area contributed by atoms with Gasteiger partial charge in [0.2, 0.25) is 11.4 Å². The van der Waals surface area contributed by atoms with E-state index < -0.39 is 29.2 Å². The summed E-state index contributed by atoms with van der Waals surface area (Å²) in [4.78, 5) is 47.5. The number of carboxylic acids is 1. The molecule has 176 valence electrons. The average molecular weight is 503 g/mol. The first kappa shape index (κ1) is 22.5. The fraction of sp³-hybridized carbons (Fsp3) is 0.381. The van der Waals surface area contributed by atoms with E-state index in [-0.39, 0.29) is 34.3 Å². The number of fused-ring (bicyclic) bond motifs is 1. The van der Waals surface area contributed by atoms with Gasteiger partial charge in [0.1, 0.15) is 17.7 Å². The van der Waals surface area contributed by atoms with E-state index in [2.05, 4.69) is 15.5 Å². The van der Waals surface area contributed by atoms with Crippen LogP contribution in [0.5, 0.6) is 0 Å². The fourth-order valence-electron chi connectivity index (χ4n) is 3.85. The molecule has 0 spiro atoms. The van der Waals surface area contributed by atoms with Gasteiger partial charge in [0, 0.05) is 23.3 Å². The first-order valence-corrected chi connectivity index (χ1v) is 12.6. The lowest BCUT2D eigenvalue weighted by molar-refractivity contribution is -0.701. The molecule has 34 heavy (non-hydrogen) atoms. The maximum atomic E-state index is 13.0. The van der Waals surface area contributed by atoms with Gasteiger partial charge in [-0.25, -0.2) is 19.1 Å². The van der Waals surface area contributed by atoms with Crippen molar-refractivity contribution in [1.82, 2.24) is 10.3 Å². The number of nitrogens with zero attached hydrogens (tertiary/aromatic N) is 4. The summed E-state index contributed by atoms with van der Waals surface area (Å²) in [6, 6.07) is 4.73. The minimum Gasteiger partial charge on any atom is -0.474 e. The molecule has 1 saturated carbocycles. The Kier molecular flexibility index (Phi) is 6.04. The molecule has 3 atom stereocenters. The third-order valence-corrected chi connectivity index (χ3v) is 7.76. The molecule has 4 heterocycles. The lowest BCUT2D eigenvalue weighted by Gasteiger charge is -2.35. The summed E-state index contributed by atoms with van der Waals surface area (Å²) in [5.74, 6) is -2.08. The number of rotatable bonds is 8. The van der Waals surface area contributed by atoms with Gasteiger partial charge < -0.3 is 21.0 Å². The molecule has 4 N–H and O–H groups in total. The molecular formula is C21H22N6O5S2+2. The second-order valence-corrected chi connectivity index (χ2v) is 10.2. The molecule has 1 saturated heterocycles. The van der Waals surface area contributed by atoms with E-state index in [0.29, 0.717) is 12.3 Å². The van der Waals surface area contributed by atoms with Crippen molar-refractivity contribution in [1.29, 1.82) is 0 Å². The quantitative estimate of drug-likeness (QED) is 0.195. The van der Waals surface area contributed by atoms with Crippen molar-refractivity contribution >= 4 is 57.4 Å². The predicted octanol–water partition coefficient (Wildman–Crippen LogP) is -0.152. The van der Waals surface area contributed by atoms with Gasteiger partial charge in [0.05, 0.1) is 0 Å². The molecular weight excluding hydrogens is 480 g/mol. The van der Waals surface area contributed by atoms with Crippen molar-refractivity contribution in [3.05, 3.63) is 41.7 Å². The maximum Gasteiger partial charge on any atom is 0.418 e. The van der Waals surface area contributed by atoms with Gasteiger partial charge in [-0.1, -0.05) is 23.0 Å². The van der Waals surface area contributed by atoms with Crippen LogP contribution in [0, 0.1) is 5.92 Å². The minimum absolute atomic E-state index is 0.0272. The molecule has 5 rings (SSSR count). The first-order chi connectivity index (χ1) is 16.4. The SMILES string of the molecule is Nc1nc(C(=NOC2CC2)C(=O)N[C@@H]2C(=O)[N+]3=C(C(=O)O)C(C[n+]4ccccc4)CS[C@@H]23)cs1. The normalized spacial score (nSPS) is 24.3. The number of oxime groups is 1. The van der Waals surface area contributed by atoms with Crippen LogP contribution >= 0.6 is 23.1 Å². The van der Waals surface area contributed by atoms with Crippen LogP contribution in [0.25, 0.3) is 0 Å². The molecule has 11 nitrogen and oxygen atoms in total. The highest BCUT2D eigenvalue weighted by Crippen LogP contribution is 2.34. The standard InChI is InChI=1S/C21H20N6O5S2/c22-21-23-13(10-34-21)14(25-32-12-4-5-12)17(28)24-15-18(29)27-16(20(30)31)11(9-33-19(15)27)8-26-6-2-1-3-7-26/h1-3,6-7,10-12,15,19H,4-5,8-9H2,(H2-2,22,23,24,28,30,31)/p+2/t11?,15-,19+/m1/s1. The molecule has 1 aliphatic carbocycles. The highest BCUT2D eigenvalue weighted by Gasteiger charge is 2.62. The van der Waals surface area contributed by atoms with Crippen LogP contribution < -0.4 is 15.6 Å². The number of thiazole rings is 1. The zero-order valence-corrected chi connectivity index (χ0v) is 19.5. The van der Waals surface area contributed by atoms with Crippen LogP contribution in [0.2, 0.25) is 0 Å². The number of nitrogen functional groups attached to an aromatic ring is 1. The number of aromatic nitrogens is 2. The monoisotopic (exact) mass is 502 g/mol. The Bertz CT molecular complexity index is 1210. The lowest BCUT2D eigenvalue weighted by Crippen LogP contribution is -2.70. The predicted molar refractivity (Wildman–Crippen MR) is 123 cm³/mol. The summed E-state index contributed by atoms with van der Waals surface area (Å²) in [6.45, 7) is 0.434. The van der Waals surface area contributed by atoms with E-state index in [4.69, 9.17) is 10.6 Å². The van der Waals surface area contributed by atoms with Gasteiger partial charge in [-0.05, 0) is 12.8 Å². The Morgan fingerprint density at radius 2 is 2.06 bits per heavy atom. The summed E-state index contributed by atoms with van der Waals surface area (Å²) in [7, 11) is 0. The van der Waals surface area contributed by atoms with Gasteiger partial charge >= 0.3 is 11.9 Å². The van der Waals surface area contributed by atoms with Gasteiger partial charge in [-0.3, -0.25) is 4.79 Å². The second kappa shape index (κ2) is 9.14. The topological polar surface area (TPSA) is 151 Å². The smallest absolute Gasteiger partial charge is 0.418 e. The van der Waals surface area contributed by atoms with E-state index >= 15 is 0 Å². The number of pyridine rings is 1. The van der Waals surface area contributed by atoms with Crippen LogP contribution in [0.1, 0.15) is 18.5 Å². The van der Waals surface area contributed by atoms with E-state index in [1.54, 1.807) is 5.38 Å². The number of hydrogen-bond acceptors (Lipinski definition) is 9. The Balaban J connectivity index is 1.35. The highest BCUT2D eigenvalue weighted by atomic mass is 32.2. The Morgan fingerprint density at radius 3 is 2.71 bits per heavy atom. The van der Waals surface area contributed by atoms with Crippen LogP contribution in [-0.4, -0.2) is 67.1 Å². The lowest BCUT2D eigenvalue weighted by atomic mass is 9.99. The van der Waals surface area contributed by atoms with E-state index in [9.17, 15) is 19.5 Å². The van der Waals surface area contributed by atoms with Crippen molar-refractivity contribution < 1.29 is 33.5 Å². The third kappa shape index (κ3) is 4.40. The summed E-state index contributed by atoms with van der Waals surface area (Å²) in [5, 5.41) is 17.9. The highest BCUT2D eigenvalue weighted by molar-refractivity contribution is 8.00. The number of anilines is 1.